The molecule has 0 fully saturated rings. The van der Waals surface area contributed by atoms with Gasteiger partial charge in [0.2, 0.25) is 11.8 Å². The Kier molecular flexibility index (Phi) is 3.99. The van der Waals surface area contributed by atoms with E-state index in [1.54, 1.807) is 29.4 Å². The molecule has 0 saturated heterocycles. The van der Waals surface area contributed by atoms with Crippen LogP contribution in [-0.2, 0) is 6.54 Å². The van der Waals surface area contributed by atoms with Crippen LogP contribution in [0.4, 0.5) is 0 Å². The predicted molar refractivity (Wildman–Crippen MR) is 65.9 cm³/mol. The normalized spacial score (nSPS) is 10.2. The highest BCUT2D eigenvalue weighted by atomic mass is 15.2. The lowest BCUT2D eigenvalue weighted by molar-refractivity contribution is 0.671. The van der Waals surface area contributed by atoms with Crippen LogP contribution >= 0.6 is 0 Å². The fraction of sp³-hybridized carbons (Fsp3) is 0.333. The molecule has 0 radical (unpaired) electrons. The Balaban J connectivity index is 2.11. The van der Waals surface area contributed by atoms with Crippen molar-refractivity contribution >= 4 is 0 Å². The summed E-state index contributed by atoms with van der Waals surface area (Å²) >= 11 is 0. The van der Waals surface area contributed by atoms with Crippen LogP contribution in [0.25, 0.3) is 5.95 Å². The van der Waals surface area contributed by atoms with Gasteiger partial charge in [-0.15, -0.1) is 0 Å². The van der Waals surface area contributed by atoms with E-state index in [2.05, 4.69) is 27.2 Å². The Morgan fingerprint density at radius 2 is 2.11 bits per heavy atom. The van der Waals surface area contributed by atoms with Gasteiger partial charge in [-0.05, 0) is 13.0 Å². The number of nitrogens with zero attached hydrogens (tertiary/aromatic N) is 5. The van der Waals surface area contributed by atoms with E-state index in [4.69, 9.17) is 5.26 Å². The van der Waals surface area contributed by atoms with Crippen molar-refractivity contribution in [2.24, 2.45) is 0 Å². The lowest BCUT2D eigenvalue weighted by Gasteiger charge is -2.04. The Morgan fingerprint density at radius 1 is 1.33 bits per heavy atom. The van der Waals surface area contributed by atoms with Gasteiger partial charge < -0.3 is 5.32 Å². The first-order chi connectivity index (χ1) is 8.85. The summed E-state index contributed by atoms with van der Waals surface area (Å²) in [5.74, 6) is 0.746. The van der Waals surface area contributed by atoms with Crippen LogP contribution in [0.5, 0.6) is 0 Å². The van der Waals surface area contributed by atoms with Gasteiger partial charge in [0.15, 0.2) is 0 Å². The van der Waals surface area contributed by atoms with E-state index in [9.17, 15) is 0 Å². The van der Waals surface area contributed by atoms with Crippen LogP contribution in [0.3, 0.4) is 0 Å². The minimum Gasteiger partial charge on any atom is -0.313 e. The van der Waals surface area contributed by atoms with Crippen molar-refractivity contribution in [3.8, 4) is 12.0 Å². The maximum atomic E-state index is 8.87. The van der Waals surface area contributed by atoms with Gasteiger partial charge in [0.25, 0.3) is 0 Å². The van der Waals surface area contributed by atoms with E-state index in [1.807, 2.05) is 6.07 Å². The van der Waals surface area contributed by atoms with Crippen LogP contribution < -0.4 is 5.32 Å². The summed E-state index contributed by atoms with van der Waals surface area (Å²) in [7, 11) is 0. The zero-order valence-electron chi connectivity index (χ0n) is 10.2. The molecule has 0 saturated carbocycles. The second-order valence-corrected chi connectivity index (χ2v) is 3.80. The molecular formula is C12H14N6. The monoisotopic (exact) mass is 242 g/mol. The van der Waals surface area contributed by atoms with Crippen molar-refractivity contribution in [1.29, 1.82) is 5.26 Å². The maximum Gasteiger partial charge on any atom is 0.235 e. The van der Waals surface area contributed by atoms with E-state index in [0.717, 1.165) is 25.1 Å². The molecule has 18 heavy (non-hydrogen) atoms. The van der Waals surface area contributed by atoms with E-state index < -0.39 is 0 Å². The number of nitriles is 1. The van der Waals surface area contributed by atoms with Crippen molar-refractivity contribution in [1.82, 2.24) is 24.8 Å². The molecule has 6 nitrogen and oxygen atoms in total. The molecule has 0 aliphatic heterocycles. The van der Waals surface area contributed by atoms with Crippen molar-refractivity contribution in [2.45, 2.75) is 19.9 Å². The fourth-order valence-electron chi connectivity index (χ4n) is 1.52. The molecule has 0 atom stereocenters. The SMILES string of the molecule is CCCNCc1cnc(-n2ccnc2C#N)nc1. The lowest BCUT2D eigenvalue weighted by Crippen LogP contribution is -2.14. The van der Waals surface area contributed by atoms with E-state index in [-0.39, 0.29) is 5.82 Å². The predicted octanol–water partition coefficient (Wildman–Crippen LogP) is 1.03. The molecule has 2 aromatic rings. The number of hydrogen-bond acceptors (Lipinski definition) is 5. The minimum absolute atomic E-state index is 0.284. The Hall–Kier alpha value is -2.26. The summed E-state index contributed by atoms with van der Waals surface area (Å²) in [4.78, 5) is 12.4. The molecule has 0 aromatic carbocycles. The van der Waals surface area contributed by atoms with Crippen molar-refractivity contribution in [3.63, 3.8) is 0 Å². The third kappa shape index (κ3) is 2.70. The van der Waals surface area contributed by atoms with Gasteiger partial charge >= 0.3 is 0 Å². The topological polar surface area (TPSA) is 79.4 Å². The zero-order chi connectivity index (χ0) is 12.8. The van der Waals surface area contributed by atoms with Gasteiger partial charge in [-0.1, -0.05) is 6.92 Å². The molecule has 6 heteroatoms. The second-order valence-electron chi connectivity index (χ2n) is 3.80. The third-order valence-electron chi connectivity index (χ3n) is 2.40. The summed E-state index contributed by atoms with van der Waals surface area (Å²) in [5, 5.41) is 12.1. The van der Waals surface area contributed by atoms with E-state index in [0.29, 0.717) is 5.95 Å². The van der Waals surface area contributed by atoms with Crippen LogP contribution in [0.2, 0.25) is 0 Å². The van der Waals surface area contributed by atoms with Crippen LogP contribution in [0, 0.1) is 11.3 Å². The summed E-state index contributed by atoms with van der Waals surface area (Å²) in [6.45, 7) is 3.85. The number of nitrogens with one attached hydrogen (secondary N) is 1. The smallest absolute Gasteiger partial charge is 0.235 e. The number of rotatable bonds is 5. The summed E-state index contributed by atoms with van der Waals surface area (Å²) < 4.78 is 1.56. The first kappa shape index (κ1) is 12.2. The number of aromatic nitrogens is 4. The third-order valence-corrected chi connectivity index (χ3v) is 2.40. The highest BCUT2D eigenvalue weighted by Crippen LogP contribution is 2.04. The van der Waals surface area contributed by atoms with Gasteiger partial charge in [-0.3, -0.25) is 4.57 Å². The average molecular weight is 242 g/mol. The van der Waals surface area contributed by atoms with E-state index >= 15 is 0 Å². The first-order valence-electron chi connectivity index (χ1n) is 5.80. The molecule has 0 aliphatic carbocycles. The summed E-state index contributed by atoms with van der Waals surface area (Å²) in [5.41, 5.74) is 1.02. The second kappa shape index (κ2) is 5.89. The van der Waals surface area contributed by atoms with Crippen molar-refractivity contribution in [3.05, 3.63) is 36.2 Å². The van der Waals surface area contributed by atoms with Crippen molar-refractivity contribution < 1.29 is 0 Å². The van der Waals surface area contributed by atoms with Crippen LogP contribution in [0.15, 0.2) is 24.8 Å². The molecule has 0 bridgehead atoms. The average Bonchev–Trinajstić information content (AvgIpc) is 2.88. The molecule has 1 N–H and O–H groups in total. The molecule has 2 heterocycles. The highest BCUT2D eigenvalue weighted by molar-refractivity contribution is 5.23. The quantitative estimate of drug-likeness (QED) is 0.792. The molecule has 0 amide bonds. The highest BCUT2D eigenvalue weighted by Gasteiger charge is 2.06. The Labute approximate surface area is 105 Å². The van der Waals surface area contributed by atoms with E-state index in [1.165, 1.54) is 0 Å². The maximum absolute atomic E-state index is 8.87. The van der Waals surface area contributed by atoms with Gasteiger partial charge in [0, 0.05) is 36.9 Å². The van der Waals surface area contributed by atoms with Crippen LogP contribution in [-0.4, -0.2) is 26.1 Å². The molecule has 0 unspecified atom stereocenters. The van der Waals surface area contributed by atoms with Crippen molar-refractivity contribution in [2.75, 3.05) is 6.54 Å². The molecule has 0 spiro atoms. The number of hydrogen-bond donors (Lipinski definition) is 1. The Morgan fingerprint density at radius 3 is 2.78 bits per heavy atom. The molecular weight excluding hydrogens is 228 g/mol. The molecule has 0 aliphatic rings. The van der Waals surface area contributed by atoms with Gasteiger partial charge in [-0.2, -0.15) is 5.26 Å². The van der Waals surface area contributed by atoms with Gasteiger partial charge in [0.05, 0.1) is 0 Å². The largest absolute Gasteiger partial charge is 0.313 e. The minimum atomic E-state index is 0.284. The summed E-state index contributed by atoms with van der Waals surface area (Å²) in [6, 6.07) is 1.99. The molecule has 2 aromatic heterocycles. The summed E-state index contributed by atoms with van der Waals surface area (Å²) in [6.07, 6.45) is 7.83. The lowest BCUT2D eigenvalue weighted by atomic mass is 10.3. The Bertz CT molecular complexity index is 536. The first-order valence-corrected chi connectivity index (χ1v) is 5.80. The standard InChI is InChI=1S/C12H14N6/c1-2-3-14-7-10-8-16-12(17-9-10)18-5-4-15-11(18)6-13/h4-5,8-9,14H,2-3,7H2,1H3. The molecule has 2 rings (SSSR count). The van der Waals surface area contributed by atoms with Crippen LogP contribution in [0.1, 0.15) is 24.7 Å². The fourth-order valence-corrected chi connectivity index (χ4v) is 1.52. The van der Waals surface area contributed by atoms with Gasteiger partial charge in [-0.25, -0.2) is 15.0 Å². The number of imidazole rings is 1. The zero-order valence-corrected chi connectivity index (χ0v) is 10.2. The van der Waals surface area contributed by atoms with Gasteiger partial charge in [0.1, 0.15) is 6.07 Å². The molecule has 92 valence electrons.